The lowest BCUT2D eigenvalue weighted by Gasteiger charge is -2.08. The summed E-state index contributed by atoms with van der Waals surface area (Å²) in [6.45, 7) is 2.06. The van der Waals surface area contributed by atoms with Crippen LogP contribution in [0.4, 0.5) is 5.69 Å². The number of fused-ring (bicyclic) bond motifs is 1. The Morgan fingerprint density at radius 2 is 2.29 bits per heavy atom. The van der Waals surface area contributed by atoms with Crippen LogP contribution in [-0.2, 0) is 4.79 Å². The number of carbonyl (C=O) groups excluding carboxylic acids is 1. The number of halogens is 1. The number of oxazole rings is 1. The molecule has 1 fully saturated rings. The third-order valence-corrected chi connectivity index (χ3v) is 3.64. The Kier molecular flexibility index (Phi) is 5.03. The summed E-state index contributed by atoms with van der Waals surface area (Å²) in [5, 5.41) is 6.14. The van der Waals surface area contributed by atoms with Crippen LogP contribution in [0.5, 0.6) is 0 Å². The predicted molar refractivity (Wildman–Crippen MR) is 82.9 cm³/mol. The van der Waals surface area contributed by atoms with Gasteiger partial charge in [-0.15, -0.1) is 12.4 Å². The summed E-state index contributed by atoms with van der Waals surface area (Å²) in [5.41, 5.74) is 1.75. The van der Waals surface area contributed by atoms with E-state index in [0.29, 0.717) is 29.1 Å². The fraction of sp³-hybridized carbons (Fsp3) is 0.429. The zero-order valence-electron chi connectivity index (χ0n) is 11.5. The molecule has 7 heteroatoms. The molecule has 1 aliphatic rings. The van der Waals surface area contributed by atoms with Crippen LogP contribution < -0.4 is 16.4 Å². The van der Waals surface area contributed by atoms with Gasteiger partial charge in [-0.2, -0.15) is 0 Å². The lowest BCUT2D eigenvalue weighted by Crippen LogP contribution is -2.14. The highest BCUT2D eigenvalue weighted by atomic mass is 35.5. The molecule has 2 heterocycles. The van der Waals surface area contributed by atoms with Crippen molar-refractivity contribution in [2.75, 3.05) is 18.4 Å². The fourth-order valence-corrected chi connectivity index (χ4v) is 2.55. The molecule has 1 unspecified atom stereocenters. The van der Waals surface area contributed by atoms with Gasteiger partial charge in [0, 0.05) is 12.1 Å². The van der Waals surface area contributed by atoms with E-state index in [1.54, 1.807) is 18.2 Å². The first-order valence-corrected chi connectivity index (χ1v) is 6.84. The number of anilines is 1. The maximum Gasteiger partial charge on any atom is 0.417 e. The van der Waals surface area contributed by atoms with Crippen molar-refractivity contribution in [2.45, 2.75) is 19.3 Å². The number of carbonyl (C=O) groups is 1. The van der Waals surface area contributed by atoms with E-state index >= 15 is 0 Å². The third-order valence-electron chi connectivity index (χ3n) is 3.64. The lowest BCUT2D eigenvalue weighted by atomic mass is 10.0. The number of nitrogens with one attached hydrogen (secondary N) is 3. The van der Waals surface area contributed by atoms with Crippen molar-refractivity contribution >= 4 is 35.1 Å². The van der Waals surface area contributed by atoms with Gasteiger partial charge in [-0.3, -0.25) is 9.78 Å². The Balaban J connectivity index is 0.00000161. The van der Waals surface area contributed by atoms with E-state index in [1.807, 2.05) is 0 Å². The second-order valence-corrected chi connectivity index (χ2v) is 5.17. The van der Waals surface area contributed by atoms with Gasteiger partial charge in [0.2, 0.25) is 5.91 Å². The minimum absolute atomic E-state index is 0. The van der Waals surface area contributed by atoms with Crippen LogP contribution in [-0.4, -0.2) is 24.0 Å². The second kappa shape index (κ2) is 6.78. The molecule has 1 aliphatic heterocycles. The molecular formula is C14H18ClN3O3. The van der Waals surface area contributed by atoms with E-state index in [4.69, 9.17) is 4.42 Å². The fourth-order valence-electron chi connectivity index (χ4n) is 2.55. The minimum Gasteiger partial charge on any atom is -0.408 e. The zero-order chi connectivity index (χ0) is 13.9. The van der Waals surface area contributed by atoms with E-state index in [-0.39, 0.29) is 18.3 Å². The van der Waals surface area contributed by atoms with E-state index in [1.165, 1.54) is 0 Å². The smallest absolute Gasteiger partial charge is 0.408 e. The summed E-state index contributed by atoms with van der Waals surface area (Å²) in [6.07, 6.45) is 2.57. The summed E-state index contributed by atoms with van der Waals surface area (Å²) in [4.78, 5) is 25.5. The first kappa shape index (κ1) is 15.6. The maximum absolute atomic E-state index is 11.9. The highest BCUT2D eigenvalue weighted by molar-refractivity contribution is 5.92. The summed E-state index contributed by atoms with van der Waals surface area (Å²) in [7, 11) is 0. The normalized spacial score (nSPS) is 17.6. The predicted octanol–water partition coefficient (Wildman–Crippen LogP) is 1.87. The van der Waals surface area contributed by atoms with Crippen LogP contribution in [0.25, 0.3) is 11.1 Å². The summed E-state index contributed by atoms with van der Waals surface area (Å²) in [5.74, 6) is 0.118. The molecule has 0 aliphatic carbocycles. The highest BCUT2D eigenvalue weighted by Crippen LogP contribution is 2.18. The van der Waals surface area contributed by atoms with Gasteiger partial charge >= 0.3 is 5.76 Å². The van der Waals surface area contributed by atoms with Crippen molar-refractivity contribution in [3.8, 4) is 0 Å². The molecular weight excluding hydrogens is 294 g/mol. The third kappa shape index (κ3) is 3.86. The number of rotatable bonds is 4. The van der Waals surface area contributed by atoms with E-state index < -0.39 is 5.76 Å². The quantitative estimate of drug-likeness (QED) is 0.804. The van der Waals surface area contributed by atoms with Crippen molar-refractivity contribution in [2.24, 2.45) is 5.92 Å². The van der Waals surface area contributed by atoms with Gasteiger partial charge < -0.3 is 15.1 Å². The van der Waals surface area contributed by atoms with Crippen LogP contribution in [0, 0.1) is 5.92 Å². The maximum atomic E-state index is 11.9. The van der Waals surface area contributed by atoms with E-state index in [0.717, 1.165) is 25.9 Å². The van der Waals surface area contributed by atoms with Crippen molar-refractivity contribution in [1.29, 1.82) is 0 Å². The largest absolute Gasteiger partial charge is 0.417 e. The molecule has 0 radical (unpaired) electrons. The molecule has 2 aromatic rings. The van der Waals surface area contributed by atoms with Gasteiger partial charge in [0.05, 0.1) is 5.52 Å². The zero-order valence-corrected chi connectivity index (χ0v) is 12.3. The number of hydrogen-bond acceptors (Lipinski definition) is 4. The van der Waals surface area contributed by atoms with E-state index in [2.05, 4.69) is 15.6 Å². The average Bonchev–Trinajstić information content (AvgIpc) is 3.04. The monoisotopic (exact) mass is 311 g/mol. The first-order chi connectivity index (χ1) is 9.70. The molecule has 3 rings (SSSR count). The Morgan fingerprint density at radius 3 is 3.05 bits per heavy atom. The molecule has 3 N–H and O–H groups in total. The molecule has 1 aromatic carbocycles. The first-order valence-electron chi connectivity index (χ1n) is 6.84. The van der Waals surface area contributed by atoms with Gasteiger partial charge in [-0.1, -0.05) is 0 Å². The molecule has 114 valence electrons. The summed E-state index contributed by atoms with van der Waals surface area (Å²) < 4.78 is 4.91. The molecule has 6 nitrogen and oxygen atoms in total. The van der Waals surface area contributed by atoms with Crippen molar-refractivity contribution < 1.29 is 9.21 Å². The molecule has 1 saturated heterocycles. The number of hydrogen-bond donors (Lipinski definition) is 3. The van der Waals surface area contributed by atoms with Crippen LogP contribution in [0.1, 0.15) is 19.3 Å². The number of H-pyrrole nitrogens is 1. The van der Waals surface area contributed by atoms with Crippen molar-refractivity contribution in [3.63, 3.8) is 0 Å². The van der Waals surface area contributed by atoms with E-state index in [9.17, 15) is 9.59 Å². The number of aromatic amines is 1. The van der Waals surface area contributed by atoms with Gasteiger partial charge in [-0.05, 0) is 50.0 Å². The molecule has 1 aromatic heterocycles. The molecule has 1 amide bonds. The minimum atomic E-state index is -0.489. The number of amides is 1. The average molecular weight is 312 g/mol. The molecule has 0 spiro atoms. The lowest BCUT2D eigenvalue weighted by molar-refractivity contribution is -0.116. The molecule has 1 atom stereocenters. The SMILES string of the molecule is Cl.O=C(CCC1CCNC1)Nc1ccc2oc(=O)[nH]c2c1. The van der Waals surface area contributed by atoms with Gasteiger partial charge in [0.15, 0.2) is 5.58 Å². The van der Waals surface area contributed by atoms with Crippen molar-refractivity contribution in [3.05, 3.63) is 28.7 Å². The van der Waals surface area contributed by atoms with Gasteiger partial charge in [0.1, 0.15) is 0 Å². The van der Waals surface area contributed by atoms with Gasteiger partial charge in [-0.25, -0.2) is 4.79 Å². The standard InChI is InChI=1S/C14H17N3O3.ClH/c18-13(4-1-9-5-6-15-8-9)16-10-2-3-12-11(7-10)17-14(19)20-12;/h2-3,7,9,15H,1,4-6,8H2,(H,16,18)(H,17,19);1H. The Labute approximate surface area is 127 Å². The molecule has 0 saturated carbocycles. The van der Waals surface area contributed by atoms with Crippen LogP contribution in [0.3, 0.4) is 0 Å². The van der Waals surface area contributed by atoms with Crippen LogP contribution in [0.15, 0.2) is 27.4 Å². The molecule has 21 heavy (non-hydrogen) atoms. The highest BCUT2D eigenvalue weighted by Gasteiger charge is 2.15. The summed E-state index contributed by atoms with van der Waals surface area (Å²) >= 11 is 0. The second-order valence-electron chi connectivity index (χ2n) is 5.17. The number of benzene rings is 1. The Morgan fingerprint density at radius 1 is 1.43 bits per heavy atom. The Bertz CT molecular complexity index is 673. The number of aromatic nitrogens is 1. The van der Waals surface area contributed by atoms with Crippen molar-refractivity contribution in [1.82, 2.24) is 10.3 Å². The van der Waals surface area contributed by atoms with Gasteiger partial charge in [0.25, 0.3) is 0 Å². The van der Waals surface area contributed by atoms with Crippen LogP contribution in [0.2, 0.25) is 0 Å². The summed E-state index contributed by atoms with van der Waals surface area (Å²) in [6, 6.07) is 5.10. The van der Waals surface area contributed by atoms with Crippen LogP contribution >= 0.6 is 12.4 Å². The Hall–Kier alpha value is -1.79. The topological polar surface area (TPSA) is 87.1 Å². The molecule has 0 bridgehead atoms.